The molecule has 16 heavy (non-hydrogen) atoms. The van der Waals surface area contributed by atoms with Gasteiger partial charge in [-0.2, -0.15) is 0 Å². The van der Waals surface area contributed by atoms with Crippen LogP contribution in [0.2, 0.25) is 0 Å². The van der Waals surface area contributed by atoms with Gasteiger partial charge in [0, 0.05) is 19.7 Å². The fourth-order valence-electron chi connectivity index (χ4n) is 1.54. The van der Waals surface area contributed by atoms with Gasteiger partial charge in [0.2, 0.25) is 0 Å². The number of nitrogens with one attached hydrogen (secondary N) is 2. The average Bonchev–Trinajstić information content (AvgIpc) is 2.22. The van der Waals surface area contributed by atoms with Crippen molar-refractivity contribution in [2.24, 2.45) is 0 Å². The van der Waals surface area contributed by atoms with Gasteiger partial charge in [-0.25, -0.2) is 8.42 Å². The van der Waals surface area contributed by atoms with Gasteiger partial charge in [-0.15, -0.1) is 0 Å². The van der Waals surface area contributed by atoms with Crippen LogP contribution < -0.4 is 10.6 Å². The summed E-state index contributed by atoms with van der Waals surface area (Å²) in [6, 6.07) is 0.172. The van der Waals surface area contributed by atoms with Crippen LogP contribution in [0.15, 0.2) is 0 Å². The van der Waals surface area contributed by atoms with E-state index in [9.17, 15) is 8.42 Å². The number of hydrogen-bond acceptors (Lipinski definition) is 4. The van der Waals surface area contributed by atoms with Gasteiger partial charge in [-0.1, -0.05) is 0 Å². The smallest absolute Gasteiger partial charge is 0.166 e. The first-order valence-electron chi connectivity index (χ1n) is 5.27. The lowest BCUT2D eigenvalue weighted by atomic mass is 10.2. The average molecular weight is 266 g/mol. The molecule has 2 N–H and O–H groups in total. The summed E-state index contributed by atoms with van der Waals surface area (Å²) in [5, 5.41) is 6.68. The summed E-state index contributed by atoms with van der Waals surface area (Å²) in [5.41, 5.74) is 0. The largest absolute Gasteiger partial charge is 0.383 e. The molecule has 0 bridgehead atoms. The maximum atomic E-state index is 11.2. The quantitative estimate of drug-likeness (QED) is 0.537. The molecule has 94 valence electrons. The Morgan fingerprint density at radius 1 is 1.44 bits per heavy atom. The van der Waals surface area contributed by atoms with E-state index >= 15 is 0 Å². The molecular weight excluding hydrogens is 248 g/mol. The normalized spacial score (nSPS) is 20.3. The molecule has 1 rings (SSSR count). The van der Waals surface area contributed by atoms with Crippen molar-refractivity contribution in [3.8, 4) is 0 Å². The fourth-order valence-corrected chi connectivity index (χ4v) is 3.30. The van der Waals surface area contributed by atoms with Gasteiger partial charge in [0.15, 0.2) is 5.11 Å². The molecular formula is C9H18N2O3S2. The molecule has 0 aromatic heterocycles. The van der Waals surface area contributed by atoms with E-state index in [-0.39, 0.29) is 17.5 Å². The zero-order valence-electron chi connectivity index (χ0n) is 9.36. The molecule has 0 saturated carbocycles. The minimum Gasteiger partial charge on any atom is -0.383 e. The molecule has 0 radical (unpaired) electrons. The van der Waals surface area contributed by atoms with Crippen LogP contribution in [0.1, 0.15) is 12.8 Å². The van der Waals surface area contributed by atoms with Gasteiger partial charge in [0.25, 0.3) is 0 Å². The molecule has 5 nitrogen and oxygen atoms in total. The number of ether oxygens (including phenoxy) is 1. The van der Waals surface area contributed by atoms with Crippen molar-refractivity contribution in [3.63, 3.8) is 0 Å². The van der Waals surface area contributed by atoms with E-state index in [2.05, 4.69) is 10.6 Å². The number of hydrogen-bond donors (Lipinski definition) is 2. The first kappa shape index (κ1) is 13.7. The molecule has 1 fully saturated rings. The van der Waals surface area contributed by atoms with E-state index in [1.807, 2.05) is 0 Å². The van der Waals surface area contributed by atoms with Crippen molar-refractivity contribution in [2.45, 2.75) is 18.9 Å². The highest BCUT2D eigenvalue weighted by atomic mass is 32.2. The van der Waals surface area contributed by atoms with Crippen LogP contribution in [0.25, 0.3) is 0 Å². The molecule has 0 amide bonds. The van der Waals surface area contributed by atoms with Gasteiger partial charge < -0.3 is 15.4 Å². The molecule has 0 spiro atoms. The summed E-state index contributed by atoms with van der Waals surface area (Å²) in [6.07, 6.45) is 1.27. The van der Waals surface area contributed by atoms with Crippen LogP contribution >= 0.6 is 12.2 Å². The summed E-state index contributed by atoms with van der Waals surface area (Å²) < 4.78 is 27.3. The predicted molar refractivity (Wildman–Crippen MR) is 67.3 cm³/mol. The van der Waals surface area contributed by atoms with Crippen LogP contribution in [0.3, 0.4) is 0 Å². The first-order chi connectivity index (χ1) is 7.53. The third-order valence-corrected chi connectivity index (χ3v) is 4.46. The molecule has 1 heterocycles. The summed E-state index contributed by atoms with van der Waals surface area (Å²) in [5.74, 6) is 0.511. The highest BCUT2D eigenvalue weighted by Crippen LogP contribution is 2.11. The maximum absolute atomic E-state index is 11.2. The van der Waals surface area contributed by atoms with E-state index in [1.54, 1.807) is 7.11 Å². The monoisotopic (exact) mass is 266 g/mol. The van der Waals surface area contributed by atoms with Crippen molar-refractivity contribution in [3.05, 3.63) is 0 Å². The third kappa shape index (κ3) is 5.09. The third-order valence-electron chi connectivity index (χ3n) is 2.48. The minimum atomic E-state index is -2.80. The van der Waals surface area contributed by atoms with Crippen molar-refractivity contribution < 1.29 is 13.2 Å². The zero-order chi connectivity index (χ0) is 12.0. The Morgan fingerprint density at radius 3 is 2.62 bits per heavy atom. The topological polar surface area (TPSA) is 67.4 Å². The Morgan fingerprint density at radius 2 is 2.06 bits per heavy atom. The van der Waals surface area contributed by atoms with E-state index in [0.29, 0.717) is 31.1 Å². The number of methoxy groups -OCH3 is 1. The molecule has 0 aliphatic carbocycles. The van der Waals surface area contributed by atoms with Crippen molar-refractivity contribution >= 4 is 27.2 Å². The van der Waals surface area contributed by atoms with Crippen LogP contribution in [-0.2, 0) is 14.6 Å². The second-order valence-corrected chi connectivity index (χ2v) is 6.53. The molecule has 0 unspecified atom stereocenters. The summed E-state index contributed by atoms with van der Waals surface area (Å²) in [4.78, 5) is 0. The van der Waals surface area contributed by atoms with Crippen molar-refractivity contribution in [2.75, 3.05) is 31.8 Å². The lowest BCUT2D eigenvalue weighted by Crippen LogP contribution is -2.46. The Balaban J connectivity index is 2.20. The standard InChI is InChI=1S/C9H18N2O3S2/c1-14-5-4-10-9(15)11-8-2-6-16(12,13)7-3-8/h8H,2-7H2,1H3,(H2,10,11,15). The Hall–Kier alpha value is -0.400. The van der Waals surface area contributed by atoms with Gasteiger partial charge in [-0.3, -0.25) is 0 Å². The molecule has 7 heteroatoms. The number of thiocarbonyl (C=S) groups is 1. The molecule has 1 aliphatic heterocycles. The van der Waals surface area contributed by atoms with Gasteiger partial charge in [-0.05, 0) is 25.1 Å². The zero-order valence-corrected chi connectivity index (χ0v) is 11.0. The van der Waals surface area contributed by atoms with Crippen molar-refractivity contribution in [1.82, 2.24) is 10.6 Å². The van der Waals surface area contributed by atoms with Gasteiger partial charge in [0.05, 0.1) is 18.1 Å². The van der Waals surface area contributed by atoms with Crippen LogP contribution in [0, 0.1) is 0 Å². The van der Waals surface area contributed by atoms with Gasteiger partial charge >= 0.3 is 0 Å². The van der Waals surface area contributed by atoms with Crippen LogP contribution in [0.5, 0.6) is 0 Å². The molecule has 0 aromatic carbocycles. The lowest BCUT2D eigenvalue weighted by Gasteiger charge is -2.24. The highest BCUT2D eigenvalue weighted by molar-refractivity contribution is 7.91. The second kappa shape index (κ2) is 6.36. The van der Waals surface area contributed by atoms with E-state index in [1.165, 1.54) is 0 Å². The highest BCUT2D eigenvalue weighted by Gasteiger charge is 2.23. The van der Waals surface area contributed by atoms with E-state index in [4.69, 9.17) is 17.0 Å². The molecule has 0 aromatic rings. The predicted octanol–water partition coefficient (Wildman–Crippen LogP) is -0.326. The second-order valence-electron chi connectivity index (χ2n) is 3.82. The van der Waals surface area contributed by atoms with E-state index < -0.39 is 9.84 Å². The van der Waals surface area contributed by atoms with Gasteiger partial charge in [0.1, 0.15) is 9.84 Å². The Bertz CT molecular complexity index is 316. The fraction of sp³-hybridized carbons (Fsp3) is 0.889. The summed E-state index contributed by atoms with van der Waals surface area (Å²) in [7, 11) is -1.17. The molecule has 1 saturated heterocycles. The first-order valence-corrected chi connectivity index (χ1v) is 7.50. The van der Waals surface area contributed by atoms with Crippen LogP contribution in [-0.4, -0.2) is 51.3 Å². The van der Waals surface area contributed by atoms with E-state index in [0.717, 1.165) is 0 Å². The Kier molecular flexibility index (Phi) is 5.43. The minimum absolute atomic E-state index is 0.172. The Labute approximate surface area is 102 Å². The molecule has 1 aliphatic rings. The lowest BCUT2D eigenvalue weighted by molar-refractivity contribution is 0.204. The molecule has 0 atom stereocenters. The SMILES string of the molecule is COCCNC(=S)NC1CCS(=O)(=O)CC1. The summed E-state index contributed by atoms with van der Waals surface area (Å²) >= 11 is 5.08. The maximum Gasteiger partial charge on any atom is 0.166 e. The van der Waals surface area contributed by atoms with Crippen LogP contribution in [0.4, 0.5) is 0 Å². The van der Waals surface area contributed by atoms with Crippen molar-refractivity contribution in [1.29, 1.82) is 0 Å². The number of sulfone groups is 1. The number of rotatable bonds is 4. The summed E-state index contributed by atoms with van der Waals surface area (Å²) in [6.45, 7) is 1.26.